The van der Waals surface area contributed by atoms with E-state index in [0.29, 0.717) is 0 Å². The van der Waals surface area contributed by atoms with Gasteiger partial charge in [0.05, 0.1) is 12.7 Å². The van der Waals surface area contributed by atoms with Gasteiger partial charge in [-0.15, -0.1) is 0 Å². The molecule has 0 atom stereocenters. The van der Waals surface area contributed by atoms with Crippen molar-refractivity contribution >= 4 is 5.76 Å². The predicted molar refractivity (Wildman–Crippen MR) is 42.4 cm³/mol. The van der Waals surface area contributed by atoms with Crippen LogP contribution in [0.4, 0.5) is 8.78 Å². The number of halogens is 2. The highest BCUT2D eigenvalue weighted by Crippen LogP contribution is 2.17. The summed E-state index contributed by atoms with van der Waals surface area (Å²) in [6.45, 7) is 3.45. The van der Waals surface area contributed by atoms with Crippen molar-refractivity contribution in [3.63, 3.8) is 0 Å². The van der Waals surface area contributed by atoms with E-state index < -0.39 is 11.6 Å². The number of benzene rings is 1. The molecule has 3 heteroatoms. The molecule has 1 aromatic rings. The summed E-state index contributed by atoms with van der Waals surface area (Å²) >= 11 is 0. The van der Waals surface area contributed by atoms with Crippen molar-refractivity contribution in [2.45, 2.75) is 0 Å². The summed E-state index contributed by atoms with van der Waals surface area (Å²) in [6.07, 6.45) is 0. The lowest BCUT2D eigenvalue weighted by Gasteiger charge is -2.04. The molecule has 1 rings (SSSR count). The van der Waals surface area contributed by atoms with Gasteiger partial charge in [-0.2, -0.15) is 0 Å². The molecule has 0 heterocycles. The molecule has 0 spiro atoms. The third-order valence-corrected chi connectivity index (χ3v) is 1.48. The molecule has 0 bridgehead atoms. The summed E-state index contributed by atoms with van der Waals surface area (Å²) in [6, 6.07) is 3.23. The fourth-order valence-electron chi connectivity index (χ4n) is 0.826. The van der Waals surface area contributed by atoms with Gasteiger partial charge < -0.3 is 4.74 Å². The van der Waals surface area contributed by atoms with Crippen LogP contribution in [0.3, 0.4) is 0 Å². The molecule has 64 valence electrons. The van der Waals surface area contributed by atoms with Crippen molar-refractivity contribution in [2.24, 2.45) is 0 Å². The molecule has 0 unspecified atom stereocenters. The molecule has 0 aliphatic rings. The molecule has 0 aliphatic heterocycles. The monoisotopic (exact) mass is 170 g/mol. The van der Waals surface area contributed by atoms with Crippen LogP contribution in [0.15, 0.2) is 24.8 Å². The first-order valence-electron chi connectivity index (χ1n) is 3.33. The highest BCUT2D eigenvalue weighted by molar-refractivity contribution is 5.57. The van der Waals surface area contributed by atoms with Crippen molar-refractivity contribution in [3.05, 3.63) is 42.0 Å². The SMILES string of the molecule is C=C(OC)c1ccc(F)cc1F. The normalized spacial score (nSPS) is 9.58. The van der Waals surface area contributed by atoms with Crippen LogP contribution < -0.4 is 0 Å². The van der Waals surface area contributed by atoms with Crippen molar-refractivity contribution in [1.82, 2.24) is 0 Å². The van der Waals surface area contributed by atoms with Gasteiger partial charge in [0.2, 0.25) is 0 Å². The summed E-state index contributed by atoms with van der Waals surface area (Å²) in [4.78, 5) is 0. The van der Waals surface area contributed by atoms with Gasteiger partial charge in [-0.3, -0.25) is 0 Å². The van der Waals surface area contributed by atoms with Gasteiger partial charge in [-0.05, 0) is 12.1 Å². The fourth-order valence-corrected chi connectivity index (χ4v) is 0.826. The number of hydrogen-bond donors (Lipinski definition) is 0. The van der Waals surface area contributed by atoms with Crippen LogP contribution in [-0.4, -0.2) is 7.11 Å². The predicted octanol–water partition coefficient (Wildman–Crippen LogP) is 2.58. The minimum absolute atomic E-state index is 0.180. The smallest absolute Gasteiger partial charge is 0.137 e. The standard InChI is InChI=1S/C9H8F2O/c1-6(12-2)8-4-3-7(10)5-9(8)11/h3-5H,1H2,2H3. The van der Waals surface area contributed by atoms with E-state index in [2.05, 4.69) is 6.58 Å². The first kappa shape index (κ1) is 8.71. The second-order valence-electron chi connectivity index (χ2n) is 2.25. The van der Waals surface area contributed by atoms with Crippen LogP contribution in [-0.2, 0) is 4.74 Å². The Bertz CT molecular complexity index is 307. The van der Waals surface area contributed by atoms with E-state index in [9.17, 15) is 8.78 Å². The van der Waals surface area contributed by atoms with Crippen LogP contribution >= 0.6 is 0 Å². The lowest BCUT2D eigenvalue weighted by molar-refractivity contribution is 0.368. The summed E-state index contributed by atoms with van der Waals surface area (Å²) < 4.78 is 30.0. The Kier molecular flexibility index (Phi) is 2.43. The van der Waals surface area contributed by atoms with Crippen molar-refractivity contribution in [2.75, 3.05) is 7.11 Å². The lowest BCUT2D eigenvalue weighted by Crippen LogP contribution is -1.91. The molecule has 12 heavy (non-hydrogen) atoms. The molecular formula is C9H8F2O. The lowest BCUT2D eigenvalue weighted by atomic mass is 10.2. The quantitative estimate of drug-likeness (QED) is 0.620. The molecule has 0 radical (unpaired) electrons. The van der Waals surface area contributed by atoms with Gasteiger partial charge in [0.15, 0.2) is 0 Å². The molecule has 1 nitrogen and oxygen atoms in total. The first-order valence-corrected chi connectivity index (χ1v) is 3.33. The van der Waals surface area contributed by atoms with Gasteiger partial charge in [0.1, 0.15) is 17.4 Å². The number of ether oxygens (including phenoxy) is 1. The van der Waals surface area contributed by atoms with E-state index in [1.54, 1.807) is 0 Å². The molecule has 0 aromatic heterocycles. The van der Waals surface area contributed by atoms with Crippen LogP contribution in [0.5, 0.6) is 0 Å². The van der Waals surface area contributed by atoms with E-state index in [-0.39, 0.29) is 11.3 Å². The van der Waals surface area contributed by atoms with Crippen LogP contribution in [0.1, 0.15) is 5.56 Å². The maximum atomic E-state index is 12.9. The number of hydrogen-bond acceptors (Lipinski definition) is 1. The van der Waals surface area contributed by atoms with Crippen LogP contribution in [0.25, 0.3) is 5.76 Å². The molecule has 1 aromatic carbocycles. The second kappa shape index (κ2) is 3.34. The Labute approximate surface area is 69.3 Å². The van der Waals surface area contributed by atoms with Crippen molar-refractivity contribution < 1.29 is 13.5 Å². The minimum atomic E-state index is -0.665. The molecular weight excluding hydrogens is 162 g/mol. The van der Waals surface area contributed by atoms with E-state index in [1.807, 2.05) is 0 Å². The van der Waals surface area contributed by atoms with E-state index in [1.165, 1.54) is 13.2 Å². The third kappa shape index (κ3) is 1.61. The zero-order valence-electron chi connectivity index (χ0n) is 6.60. The Morgan fingerprint density at radius 3 is 2.58 bits per heavy atom. The fraction of sp³-hybridized carbons (Fsp3) is 0.111. The maximum absolute atomic E-state index is 12.9. The number of methoxy groups -OCH3 is 1. The maximum Gasteiger partial charge on any atom is 0.137 e. The molecule has 0 fully saturated rings. The summed E-state index contributed by atoms with van der Waals surface area (Å²) in [5, 5.41) is 0. The van der Waals surface area contributed by atoms with Crippen molar-refractivity contribution in [1.29, 1.82) is 0 Å². The topological polar surface area (TPSA) is 9.23 Å². The summed E-state index contributed by atoms with van der Waals surface area (Å²) in [5.74, 6) is -1.09. The van der Waals surface area contributed by atoms with Crippen molar-refractivity contribution in [3.8, 4) is 0 Å². The average molecular weight is 170 g/mol. The first-order chi connectivity index (χ1) is 5.65. The Morgan fingerprint density at radius 1 is 1.42 bits per heavy atom. The average Bonchev–Trinajstić information content (AvgIpc) is 2.03. The zero-order valence-corrected chi connectivity index (χ0v) is 6.60. The number of rotatable bonds is 2. The Hall–Kier alpha value is -1.38. The van der Waals surface area contributed by atoms with Gasteiger partial charge in [-0.1, -0.05) is 6.58 Å². The largest absolute Gasteiger partial charge is 0.497 e. The molecule has 0 N–H and O–H groups in total. The molecule has 0 saturated carbocycles. The Balaban J connectivity index is 3.09. The highest BCUT2D eigenvalue weighted by Gasteiger charge is 2.06. The summed E-state index contributed by atoms with van der Waals surface area (Å²) in [7, 11) is 1.38. The summed E-state index contributed by atoms with van der Waals surface area (Å²) in [5.41, 5.74) is 0.180. The zero-order chi connectivity index (χ0) is 9.14. The highest BCUT2D eigenvalue weighted by atomic mass is 19.1. The van der Waals surface area contributed by atoms with E-state index in [4.69, 9.17) is 4.74 Å². The second-order valence-corrected chi connectivity index (χ2v) is 2.25. The van der Waals surface area contributed by atoms with Crippen LogP contribution in [0, 0.1) is 11.6 Å². The van der Waals surface area contributed by atoms with Gasteiger partial charge in [0, 0.05) is 6.07 Å². The van der Waals surface area contributed by atoms with Gasteiger partial charge in [0.25, 0.3) is 0 Å². The third-order valence-electron chi connectivity index (χ3n) is 1.48. The van der Waals surface area contributed by atoms with Gasteiger partial charge in [-0.25, -0.2) is 8.78 Å². The van der Waals surface area contributed by atoms with E-state index in [0.717, 1.165) is 12.1 Å². The van der Waals surface area contributed by atoms with E-state index >= 15 is 0 Å². The molecule has 0 aliphatic carbocycles. The minimum Gasteiger partial charge on any atom is -0.497 e. The molecule has 0 saturated heterocycles. The van der Waals surface area contributed by atoms with Crippen LogP contribution in [0.2, 0.25) is 0 Å². The molecule has 0 amide bonds. The van der Waals surface area contributed by atoms with Gasteiger partial charge >= 0.3 is 0 Å². The Morgan fingerprint density at radius 2 is 2.08 bits per heavy atom.